The average Bonchev–Trinajstić information content (AvgIpc) is 2.89. The Hall–Kier alpha value is -2.01. The van der Waals surface area contributed by atoms with Gasteiger partial charge in [0.05, 0.1) is 19.0 Å². The number of para-hydroxylation sites is 1. The van der Waals surface area contributed by atoms with Crippen LogP contribution in [0.3, 0.4) is 0 Å². The molecule has 30 heavy (non-hydrogen) atoms. The molecular formula is C18H28N3O8P. The Morgan fingerprint density at radius 3 is 2.67 bits per heavy atom. The largest absolute Gasteiger partial charge is 0.462 e. The molecule has 5 atom stereocenters. The monoisotopic (exact) mass is 445 g/mol. The number of aliphatic hydroxyl groups is 2. The predicted molar refractivity (Wildman–Crippen MR) is 107 cm³/mol. The van der Waals surface area contributed by atoms with Gasteiger partial charge in [0.2, 0.25) is 0 Å². The molecule has 1 heterocycles. The number of rotatable bonds is 11. The third-order valence-corrected chi connectivity index (χ3v) is 5.67. The van der Waals surface area contributed by atoms with Crippen molar-refractivity contribution in [3.8, 4) is 5.75 Å². The fourth-order valence-electron chi connectivity index (χ4n) is 2.69. The highest BCUT2D eigenvalue weighted by Crippen LogP contribution is 2.45. The molecule has 1 fully saturated rings. The normalized spacial score (nSPS) is 28.0. The Balaban J connectivity index is 2.08. The van der Waals surface area contributed by atoms with E-state index in [-0.39, 0.29) is 11.9 Å². The molecule has 0 aromatic heterocycles. The van der Waals surface area contributed by atoms with Crippen LogP contribution < -0.4 is 14.9 Å². The van der Waals surface area contributed by atoms with Crippen molar-refractivity contribution in [3.63, 3.8) is 0 Å². The first-order valence-corrected chi connectivity index (χ1v) is 10.9. The average molecular weight is 445 g/mol. The van der Waals surface area contributed by atoms with Crippen LogP contribution in [0.25, 0.3) is 0 Å². The smallest absolute Gasteiger partial charge is 0.459 e. The van der Waals surface area contributed by atoms with E-state index in [1.807, 2.05) is 0 Å². The van der Waals surface area contributed by atoms with Crippen molar-refractivity contribution in [2.24, 2.45) is 0 Å². The number of aliphatic hydroxyl groups excluding tert-OH is 1. The molecule has 0 saturated carbocycles. The van der Waals surface area contributed by atoms with Crippen molar-refractivity contribution in [1.82, 2.24) is 10.4 Å². The maximum atomic E-state index is 13.2. The minimum absolute atomic E-state index is 0.230. The number of carbonyl (C=O) groups is 1. The first-order valence-electron chi connectivity index (χ1n) is 9.32. The van der Waals surface area contributed by atoms with E-state index in [0.29, 0.717) is 0 Å². The Morgan fingerprint density at radius 1 is 1.40 bits per heavy atom. The Bertz CT molecular complexity index is 761. The van der Waals surface area contributed by atoms with E-state index in [9.17, 15) is 19.6 Å². The van der Waals surface area contributed by atoms with E-state index in [2.05, 4.69) is 10.4 Å². The zero-order chi connectivity index (χ0) is 22.4. The molecular weight excluding hydrogens is 417 g/mol. The third-order valence-electron chi connectivity index (χ3n) is 4.19. The van der Waals surface area contributed by atoms with Crippen molar-refractivity contribution in [2.75, 3.05) is 13.2 Å². The Morgan fingerprint density at radius 2 is 2.07 bits per heavy atom. The minimum atomic E-state index is -4.08. The van der Waals surface area contributed by atoms with Crippen LogP contribution in [0.15, 0.2) is 30.3 Å². The summed E-state index contributed by atoms with van der Waals surface area (Å²) < 4.78 is 34.5. The summed E-state index contributed by atoms with van der Waals surface area (Å²) in [6.45, 7) is 3.82. The van der Waals surface area contributed by atoms with E-state index >= 15 is 0 Å². The standard InChI is InChI=1S/C18H28N3O8P/c1-12(2)27-15(22)9-21-30(25,29-13-7-5-4-6-8-13)26-10-14-16(23)18(3,24)17(28-14)20-11-19/h4-8,11-12,14,16-17,23-24H,9-10H2,1-3H3,(H2,19,20)(H,21,25)/t14-,16-,17-,18-,30?/m1/s1. The number of hydrogen-bond acceptors (Lipinski definition) is 9. The van der Waals surface area contributed by atoms with Gasteiger partial charge in [-0.05, 0) is 32.9 Å². The number of hydrogen-bond donors (Lipinski definition) is 5. The number of esters is 1. The second kappa shape index (κ2) is 10.3. The van der Waals surface area contributed by atoms with Crippen LogP contribution in [0, 0.1) is 5.41 Å². The summed E-state index contributed by atoms with van der Waals surface area (Å²) in [6, 6.07) is 8.19. The number of carbonyl (C=O) groups excluding carboxylic acids is 1. The van der Waals surface area contributed by atoms with Crippen LogP contribution in [0.2, 0.25) is 0 Å². The second-order valence-electron chi connectivity index (χ2n) is 7.11. The first kappa shape index (κ1) is 24.3. The summed E-state index contributed by atoms with van der Waals surface area (Å²) >= 11 is 0. The van der Waals surface area contributed by atoms with Crippen LogP contribution >= 0.6 is 7.75 Å². The van der Waals surface area contributed by atoms with Crippen molar-refractivity contribution < 1.29 is 38.1 Å². The quantitative estimate of drug-likeness (QED) is 0.142. The lowest BCUT2D eigenvalue weighted by Crippen LogP contribution is -2.51. The number of ether oxygens (including phenoxy) is 2. The van der Waals surface area contributed by atoms with Crippen molar-refractivity contribution >= 4 is 20.1 Å². The molecule has 1 saturated heterocycles. The van der Waals surface area contributed by atoms with Gasteiger partial charge >= 0.3 is 13.7 Å². The van der Waals surface area contributed by atoms with Gasteiger partial charge in [-0.25, -0.2) is 9.65 Å². The molecule has 12 heteroatoms. The lowest BCUT2D eigenvalue weighted by Gasteiger charge is -2.26. The number of benzene rings is 1. The van der Waals surface area contributed by atoms with E-state index in [1.54, 1.807) is 44.2 Å². The highest BCUT2D eigenvalue weighted by molar-refractivity contribution is 7.52. The van der Waals surface area contributed by atoms with Gasteiger partial charge in [-0.3, -0.25) is 14.7 Å². The van der Waals surface area contributed by atoms with E-state index < -0.39 is 50.9 Å². The zero-order valence-corrected chi connectivity index (χ0v) is 17.9. The molecule has 1 aromatic carbocycles. The predicted octanol–water partition coefficient (Wildman–Crippen LogP) is 0.765. The third kappa shape index (κ3) is 6.49. The summed E-state index contributed by atoms with van der Waals surface area (Å²) in [5, 5.41) is 32.7. The highest BCUT2D eigenvalue weighted by Gasteiger charge is 2.52. The van der Waals surface area contributed by atoms with Gasteiger partial charge in [0, 0.05) is 0 Å². The molecule has 168 valence electrons. The summed E-state index contributed by atoms with van der Waals surface area (Å²) in [5.74, 6) is -0.422. The molecule has 0 spiro atoms. The van der Waals surface area contributed by atoms with Crippen LogP contribution in [-0.2, 0) is 23.4 Å². The van der Waals surface area contributed by atoms with Gasteiger partial charge in [0.15, 0.2) is 6.23 Å². The fourth-order valence-corrected chi connectivity index (χ4v) is 3.97. The topological polar surface area (TPSA) is 159 Å². The van der Waals surface area contributed by atoms with Gasteiger partial charge in [-0.15, -0.1) is 0 Å². The van der Waals surface area contributed by atoms with Gasteiger partial charge in [0.25, 0.3) is 0 Å². The van der Waals surface area contributed by atoms with E-state index in [0.717, 1.165) is 6.34 Å². The van der Waals surface area contributed by atoms with Crippen LogP contribution in [-0.4, -0.2) is 65.8 Å². The van der Waals surface area contributed by atoms with E-state index in [1.165, 1.54) is 6.92 Å². The molecule has 0 aliphatic carbocycles. The molecule has 0 radical (unpaired) electrons. The molecule has 5 N–H and O–H groups in total. The molecule has 0 amide bonds. The van der Waals surface area contributed by atoms with Crippen LogP contribution in [0.5, 0.6) is 5.75 Å². The van der Waals surface area contributed by atoms with Crippen molar-refractivity contribution in [1.29, 1.82) is 5.41 Å². The van der Waals surface area contributed by atoms with Crippen LogP contribution in [0.1, 0.15) is 20.8 Å². The molecule has 0 bridgehead atoms. The fraction of sp³-hybridized carbons (Fsp3) is 0.556. The summed E-state index contributed by atoms with van der Waals surface area (Å²) in [4.78, 5) is 11.8. The molecule has 11 nitrogen and oxygen atoms in total. The maximum Gasteiger partial charge on any atom is 0.459 e. The summed E-state index contributed by atoms with van der Waals surface area (Å²) in [6.07, 6.45) is -3.07. The Labute approximate surface area is 174 Å². The lowest BCUT2D eigenvalue weighted by molar-refractivity contribution is -0.146. The van der Waals surface area contributed by atoms with Crippen molar-refractivity contribution in [2.45, 2.75) is 50.9 Å². The highest BCUT2D eigenvalue weighted by atomic mass is 31.2. The number of nitrogens with one attached hydrogen (secondary N) is 3. The minimum Gasteiger partial charge on any atom is -0.462 e. The lowest BCUT2D eigenvalue weighted by atomic mass is 9.97. The van der Waals surface area contributed by atoms with Gasteiger partial charge < -0.3 is 29.5 Å². The second-order valence-corrected chi connectivity index (χ2v) is 8.86. The molecule has 1 unspecified atom stereocenters. The van der Waals surface area contributed by atoms with Crippen LogP contribution in [0.4, 0.5) is 0 Å². The molecule has 1 aromatic rings. The summed E-state index contributed by atoms with van der Waals surface area (Å²) in [5.41, 5.74) is -1.72. The molecule has 1 aliphatic heterocycles. The molecule has 1 aliphatic rings. The SMILES string of the molecule is CC(C)OC(=O)CNP(=O)(OC[C@H]1O[C@@H](NC=N)[C@](C)(O)[C@@H]1O)Oc1ccccc1. The maximum absolute atomic E-state index is 13.2. The van der Waals surface area contributed by atoms with Gasteiger partial charge in [-0.2, -0.15) is 0 Å². The molecule has 2 rings (SSSR count). The Kier molecular flexibility index (Phi) is 8.36. The van der Waals surface area contributed by atoms with Gasteiger partial charge in [0.1, 0.15) is 30.1 Å². The summed E-state index contributed by atoms with van der Waals surface area (Å²) in [7, 11) is -4.08. The van der Waals surface area contributed by atoms with Crippen molar-refractivity contribution in [3.05, 3.63) is 30.3 Å². The van der Waals surface area contributed by atoms with Gasteiger partial charge in [-0.1, -0.05) is 18.2 Å². The van der Waals surface area contributed by atoms with E-state index in [4.69, 9.17) is 23.9 Å². The first-order chi connectivity index (χ1) is 14.1. The zero-order valence-electron chi connectivity index (χ0n) is 17.0.